The standard InChI is InChI=1S/C22H16F3N5O5/c1-11-13(3-2-4-16(11)22(23,24)25)9-30-18(31)15(19(32)33)10-29(21(30)34)14-7-5-12(6-8-14)17-27-28-20(26)35-17/h2-8,10H,9H2,1H3,(H2,26,28)(H,32,33). The van der Waals surface area contributed by atoms with Gasteiger partial charge in [0.1, 0.15) is 5.56 Å². The molecule has 4 rings (SSSR count). The number of carbonyl (C=O) groups is 1. The third-order valence-corrected chi connectivity index (χ3v) is 5.31. The third-order valence-electron chi connectivity index (χ3n) is 5.31. The number of hydrogen-bond acceptors (Lipinski definition) is 7. The molecule has 180 valence electrons. The topological polar surface area (TPSA) is 146 Å². The van der Waals surface area contributed by atoms with Crippen LogP contribution in [0.15, 0.2) is 62.7 Å². The van der Waals surface area contributed by atoms with Crippen LogP contribution in [0.4, 0.5) is 19.2 Å². The SMILES string of the molecule is Cc1c(Cn2c(=O)c(C(=O)O)cn(-c3ccc(-c4nnc(N)o4)cc3)c2=O)cccc1C(F)(F)F. The molecule has 3 N–H and O–H groups in total. The molecule has 0 amide bonds. The number of nitrogens with two attached hydrogens (primary N) is 1. The first-order valence-corrected chi connectivity index (χ1v) is 9.92. The number of aromatic nitrogens is 4. The Bertz CT molecular complexity index is 1550. The van der Waals surface area contributed by atoms with Crippen LogP contribution in [0.2, 0.25) is 0 Å². The van der Waals surface area contributed by atoms with Gasteiger partial charge in [-0.05, 0) is 48.4 Å². The summed E-state index contributed by atoms with van der Waals surface area (Å²) in [5, 5.41) is 16.8. The number of alkyl halides is 3. The molecular formula is C22H16F3N5O5. The molecule has 0 atom stereocenters. The lowest BCUT2D eigenvalue weighted by Crippen LogP contribution is -2.42. The fourth-order valence-corrected chi connectivity index (χ4v) is 3.52. The number of aromatic carboxylic acids is 1. The fraction of sp³-hybridized carbons (Fsp3) is 0.136. The number of anilines is 1. The molecule has 0 aliphatic carbocycles. The predicted octanol–water partition coefficient (Wildman–Crippen LogP) is 2.71. The molecule has 0 aliphatic heterocycles. The van der Waals surface area contributed by atoms with E-state index in [9.17, 15) is 32.7 Å². The maximum Gasteiger partial charge on any atom is 0.416 e. The number of nitrogen functional groups attached to an aromatic ring is 1. The van der Waals surface area contributed by atoms with Crippen molar-refractivity contribution in [1.29, 1.82) is 0 Å². The summed E-state index contributed by atoms with van der Waals surface area (Å²) in [5.74, 6) is -1.49. The smallest absolute Gasteiger partial charge is 0.416 e. The average molecular weight is 487 g/mol. The number of rotatable bonds is 5. The Hall–Kier alpha value is -4.68. The summed E-state index contributed by atoms with van der Waals surface area (Å²) in [6, 6.07) is 9.09. The van der Waals surface area contributed by atoms with Crippen LogP contribution in [-0.2, 0) is 12.7 Å². The number of carboxylic acids is 1. The Morgan fingerprint density at radius 1 is 1.11 bits per heavy atom. The lowest BCUT2D eigenvalue weighted by Gasteiger charge is -2.16. The molecule has 0 saturated carbocycles. The van der Waals surface area contributed by atoms with E-state index in [0.717, 1.165) is 22.9 Å². The molecule has 10 nitrogen and oxygen atoms in total. The zero-order valence-corrected chi connectivity index (χ0v) is 17.9. The van der Waals surface area contributed by atoms with Crippen molar-refractivity contribution in [3.8, 4) is 17.1 Å². The number of carboxylic acid groups (broad SMARTS) is 1. The van der Waals surface area contributed by atoms with E-state index < -0.39 is 41.1 Å². The molecule has 35 heavy (non-hydrogen) atoms. The Labute approximate surface area is 193 Å². The van der Waals surface area contributed by atoms with Gasteiger partial charge < -0.3 is 15.3 Å². The van der Waals surface area contributed by atoms with Crippen LogP contribution in [0.1, 0.15) is 27.0 Å². The summed E-state index contributed by atoms with van der Waals surface area (Å²) >= 11 is 0. The van der Waals surface area contributed by atoms with Crippen molar-refractivity contribution in [2.75, 3.05) is 5.73 Å². The first-order chi connectivity index (χ1) is 16.5. The van der Waals surface area contributed by atoms with E-state index in [1.807, 2.05) is 0 Å². The molecule has 0 spiro atoms. The summed E-state index contributed by atoms with van der Waals surface area (Å²) in [6.45, 7) is 0.652. The fourth-order valence-electron chi connectivity index (χ4n) is 3.52. The minimum absolute atomic E-state index is 0.0393. The molecular weight excluding hydrogens is 471 g/mol. The van der Waals surface area contributed by atoms with Gasteiger partial charge in [0.05, 0.1) is 17.8 Å². The molecule has 13 heteroatoms. The van der Waals surface area contributed by atoms with Gasteiger partial charge in [0.2, 0.25) is 5.89 Å². The van der Waals surface area contributed by atoms with Gasteiger partial charge in [0, 0.05) is 11.8 Å². The minimum Gasteiger partial charge on any atom is -0.477 e. The van der Waals surface area contributed by atoms with Crippen LogP contribution in [0.3, 0.4) is 0 Å². The number of halogens is 3. The minimum atomic E-state index is -4.64. The van der Waals surface area contributed by atoms with Crippen molar-refractivity contribution >= 4 is 12.0 Å². The molecule has 0 unspecified atom stereocenters. The molecule has 2 aromatic heterocycles. The highest BCUT2D eigenvalue weighted by molar-refractivity contribution is 5.86. The van der Waals surface area contributed by atoms with E-state index >= 15 is 0 Å². The molecule has 0 aliphatic rings. The van der Waals surface area contributed by atoms with E-state index in [4.69, 9.17) is 10.2 Å². The van der Waals surface area contributed by atoms with E-state index in [1.54, 1.807) is 0 Å². The summed E-state index contributed by atoms with van der Waals surface area (Å²) < 4.78 is 46.5. The molecule has 4 aromatic rings. The van der Waals surface area contributed by atoms with E-state index in [-0.39, 0.29) is 28.7 Å². The molecule has 0 bridgehead atoms. The number of benzene rings is 2. The van der Waals surface area contributed by atoms with Crippen LogP contribution in [0, 0.1) is 6.92 Å². The van der Waals surface area contributed by atoms with E-state index in [2.05, 4.69) is 10.2 Å². The monoisotopic (exact) mass is 487 g/mol. The lowest BCUT2D eigenvalue weighted by atomic mass is 10.0. The van der Waals surface area contributed by atoms with Gasteiger partial charge in [-0.15, -0.1) is 5.10 Å². The van der Waals surface area contributed by atoms with Gasteiger partial charge in [0.25, 0.3) is 5.56 Å². The van der Waals surface area contributed by atoms with Crippen molar-refractivity contribution in [2.45, 2.75) is 19.6 Å². The molecule has 0 fully saturated rings. The van der Waals surface area contributed by atoms with Gasteiger partial charge in [0.15, 0.2) is 0 Å². The highest BCUT2D eigenvalue weighted by Gasteiger charge is 2.33. The molecule has 2 aromatic carbocycles. The van der Waals surface area contributed by atoms with Gasteiger partial charge >= 0.3 is 23.9 Å². The molecule has 2 heterocycles. The summed E-state index contributed by atoms with van der Waals surface area (Å²) in [5.41, 5.74) is 2.17. The second kappa shape index (κ2) is 8.59. The van der Waals surface area contributed by atoms with E-state index in [0.29, 0.717) is 10.1 Å². The van der Waals surface area contributed by atoms with E-state index in [1.165, 1.54) is 37.3 Å². The Kier molecular flexibility index (Phi) is 5.76. The van der Waals surface area contributed by atoms with Crippen LogP contribution < -0.4 is 17.0 Å². The normalized spacial score (nSPS) is 11.5. The first kappa shape index (κ1) is 23.5. The largest absolute Gasteiger partial charge is 0.477 e. The van der Waals surface area contributed by atoms with Crippen LogP contribution in [0.5, 0.6) is 0 Å². The average Bonchev–Trinajstić information content (AvgIpc) is 3.23. The van der Waals surface area contributed by atoms with Gasteiger partial charge in [-0.1, -0.05) is 17.2 Å². The van der Waals surface area contributed by atoms with Crippen molar-refractivity contribution in [3.05, 3.63) is 91.8 Å². The second-order valence-corrected chi connectivity index (χ2v) is 7.47. The molecule has 0 radical (unpaired) electrons. The maximum absolute atomic E-state index is 13.3. The van der Waals surface area contributed by atoms with Gasteiger partial charge in [-0.25, -0.2) is 9.59 Å². The highest BCUT2D eigenvalue weighted by Crippen LogP contribution is 2.33. The zero-order chi connectivity index (χ0) is 25.5. The van der Waals surface area contributed by atoms with Crippen LogP contribution >= 0.6 is 0 Å². The Morgan fingerprint density at radius 3 is 2.37 bits per heavy atom. The van der Waals surface area contributed by atoms with Crippen LogP contribution in [0.25, 0.3) is 17.1 Å². The Balaban J connectivity index is 1.83. The van der Waals surface area contributed by atoms with Crippen molar-refractivity contribution < 1.29 is 27.5 Å². The molecule has 0 saturated heterocycles. The lowest BCUT2D eigenvalue weighted by molar-refractivity contribution is -0.138. The van der Waals surface area contributed by atoms with Gasteiger partial charge in [-0.2, -0.15) is 13.2 Å². The second-order valence-electron chi connectivity index (χ2n) is 7.47. The quantitative estimate of drug-likeness (QED) is 0.437. The first-order valence-electron chi connectivity index (χ1n) is 9.92. The number of nitrogens with zero attached hydrogens (tertiary/aromatic N) is 4. The predicted molar refractivity (Wildman–Crippen MR) is 116 cm³/mol. The van der Waals surface area contributed by atoms with Crippen molar-refractivity contribution in [1.82, 2.24) is 19.3 Å². The third kappa shape index (κ3) is 4.43. The summed E-state index contributed by atoms with van der Waals surface area (Å²) in [7, 11) is 0. The van der Waals surface area contributed by atoms with Gasteiger partial charge in [-0.3, -0.25) is 13.9 Å². The maximum atomic E-state index is 13.3. The van der Waals surface area contributed by atoms with Crippen molar-refractivity contribution in [3.63, 3.8) is 0 Å². The zero-order valence-electron chi connectivity index (χ0n) is 17.9. The Morgan fingerprint density at radius 2 is 1.80 bits per heavy atom. The van der Waals surface area contributed by atoms with Crippen molar-refractivity contribution in [2.24, 2.45) is 0 Å². The number of hydrogen-bond donors (Lipinski definition) is 2. The summed E-state index contributed by atoms with van der Waals surface area (Å²) in [6.07, 6.45) is -3.78. The van der Waals surface area contributed by atoms with Crippen LogP contribution in [-0.4, -0.2) is 30.4 Å². The highest BCUT2D eigenvalue weighted by atomic mass is 19.4. The summed E-state index contributed by atoms with van der Waals surface area (Å²) in [4.78, 5) is 37.6.